The second-order valence-electron chi connectivity index (χ2n) is 6.11. The van der Waals surface area contributed by atoms with Crippen LogP contribution in [0.15, 0.2) is 10.4 Å². The van der Waals surface area contributed by atoms with Crippen LogP contribution < -0.4 is 10.6 Å². The maximum absolute atomic E-state index is 11.9. The molecule has 1 aliphatic rings. The van der Waals surface area contributed by atoms with E-state index < -0.39 is 9.84 Å². The average molecular weight is 515 g/mol. The summed E-state index contributed by atoms with van der Waals surface area (Å²) in [5.74, 6) is 0.734. The van der Waals surface area contributed by atoms with Crippen LogP contribution >= 0.6 is 35.3 Å². The molecular formula is C15H26IN5O3S2. The topological polar surface area (TPSA) is 104 Å². The van der Waals surface area contributed by atoms with Crippen molar-refractivity contribution in [3.05, 3.63) is 16.1 Å². The predicted molar refractivity (Wildman–Crippen MR) is 115 cm³/mol. The summed E-state index contributed by atoms with van der Waals surface area (Å²) in [6, 6.07) is -0.257. The minimum absolute atomic E-state index is 0. The number of carbonyl (C=O) groups is 1. The van der Waals surface area contributed by atoms with Gasteiger partial charge in [-0.1, -0.05) is 0 Å². The van der Waals surface area contributed by atoms with Gasteiger partial charge < -0.3 is 15.5 Å². The number of rotatable bonds is 6. The fourth-order valence-corrected chi connectivity index (χ4v) is 4.96. The lowest BCUT2D eigenvalue weighted by Crippen LogP contribution is -2.41. The number of aromatic nitrogens is 1. The molecule has 0 saturated carbocycles. The number of thiazole rings is 1. The number of amides is 1. The van der Waals surface area contributed by atoms with Crippen LogP contribution in [0.2, 0.25) is 0 Å². The van der Waals surface area contributed by atoms with Crippen LogP contribution in [-0.4, -0.2) is 68.4 Å². The molecule has 8 nitrogen and oxygen atoms in total. The molecule has 1 amide bonds. The smallest absolute Gasteiger partial charge is 0.222 e. The van der Waals surface area contributed by atoms with Gasteiger partial charge >= 0.3 is 0 Å². The Morgan fingerprint density at radius 3 is 2.77 bits per heavy atom. The molecule has 0 spiro atoms. The highest BCUT2D eigenvalue weighted by Crippen LogP contribution is 2.11. The van der Waals surface area contributed by atoms with Gasteiger partial charge in [-0.2, -0.15) is 0 Å². The second kappa shape index (κ2) is 10.4. The molecule has 1 aromatic rings. The Balaban J connectivity index is 0.00000338. The Kier molecular flexibility index (Phi) is 9.24. The molecule has 1 aromatic heterocycles. The normalized spacial score (nSPS) is 18.9. The summed E-state index contributed by atoms with van der Waals surface area (Å²) in [6.45, 7) is 3.03. The summed E-state index contributed by atoms with van der Waals surface area (Å²) >= 11 is 1.61. The molecule has 2 N–H and O–H groups in total. The van der Waals surface area contributed by atoms with Gasteiger partial charge in [-0.25, -0.2) is 13.4 Å². The van der Waals surface area contributed by atoms with Crippen molar-refractivity contribution < 1.29 is 13.2 Å². The molecule has 0 aromatic carbocycles. The lowest BCUT2D eigenvalue weighted by atomic mass is 10.2. The van der Waals surface area contributed by atoms with Gasteiger partial charge in [0.1, 0.15) is 0 Å². The number of guanidine groups is 1. The SMILES string of the molecule is CN=C(NCCC(=O)NC1CCS(=O)(=O)C1)N(C)Cc1csc(C)n1.I. The lowest BCUT2D eigenvalue weighted by molar-refractivity contribution is -0.121. The summed E-state index contributed by atoms with van der Waals surface area (Å²) in [4.78, 5) is 22.5. The van der Waals surface area contributed by atoms with Crippen molar-refractivity contribution in [1.82, 2.24) is 20.5 Å². The summed E-state index contributed by atoms with van der Waals surface area (Å²) in [6.07, 6.45) is 0.762. The predicted octanol–water partition coefficient (Wildman–Crippen LogP) is 0.770. The number of aryl methyl sites for hydroxylation is 1. The Morgan fingerprint density at radius 2 is 2.23 bits per heavy atom. The zero-order chi connectivity index (χ0) is 18.4. The number of nitrogens with zero attached hydrogens (tertiary/aromatic N) is 3. The second-order valence-corrected chi connectivity index (χ2v) is 9.40. The van der Waals surface area contributed by atoms with Gasteiger partial charge in [0.25, 0.3) is 0 Å². The molecule has 1 aliphatic heterocycles. The highest BCUT2D eigenvalue weighted by Gasteiger charge is 2.28. The van der Waals surface area contributed by atoms with Gasteiger partial charge in [-0.05, 0) is 13.3 Å². The summed E-state index contributed by atoms with van der Waals surface area (Å²) < 4.78 is 22.8. The zero-order valence-corrected chi connectivity index (χ0v) is 19.2. The summed E-state index contributed by atoms with van der Waals surface area (Å²) in [7, 11) is 0.620. The highest BCUT2D eigenvalue weighted by atomic mass is 127. The Morgan fingerprint density at radius 1 is 1.50 bits per heavy atom. The average Bonchev–Trinajstić information content (AvgIpc) is 3.08. The number of nitrogens with one attached hydrogen (secondary N) is 2. The van der Waals surface area contributed by atoms with E-state index in [0.29, 0.717) is 25.5 Å². The molecule has 0 bridgehead atoms. The number of aliphatic imine (C=N–C) groups is 1. The van der Waals surface area contributed by atoms with Gasteiger partial charge in [0.2, 0.25) is 5.91 Å². The van der Waals surface area contributed by atoms with E-state index in [4.69, 9.17) is 0 Å². The van der Waals surface area contributed by atoms with Crippen molar-refractivity contribution in [3.8, 4) is 0 Å². The van der Waals surface area contributed by atoms with Crippen molar-refractivity contribution in [2.75, 3.05) is 32.1 Å². The van der Waals surface area contributed by atoms with Crippen molar-refractivity contribution in [3.63, 3.8) is 0 Å². The number of hydrogen-bond acceptors (Lipinski definition) is 6. The van der Waals surface area contributed by atoms with Gasteiger partial charge in [0, 0.05) is 38.5 Å². The largest absolute Gasteiger partial charge is 0.356 e. The monoisotopic (exact) mass is 515 g/mol. The van der Waals surface area contributed by atoms with E-state index in [-0.39, 0.29) is 53.9 Å². The number of carbonyl (C=O) groups excluding carboxylic acids is 1. The van der Waals surface area contributed by atoms with E-state index in [1.165, 1.54) is 0 Å². The van der Waals surface area contributed by atoms with Crippen molar-refractivity contribution in [1.29, 1.82) is 0 Å². The quantitative estimate of drug-likeness (QED) is 0.330. The summed E-state index contributed by atoms with van der Waals surface area (Å²) in [5.41, 5.74) is 0.980. The van der Waals surface area contributed by atoms with Crippen LogP contribution in [0.5, 0.6) is 0 Å². The van der Waals surface area contributed by atoms with E-state index in [1.54, 1.807) is 18.4 Å². The van der Waals surface area contributed by atoms with Crippen molar-refractivity contribution >= 4 is 57.0 Å². The Labute approximate surface area is 175 Å². The first-order valence-electron chi connectivity index (χ1n) is 8.11. The molecule has 0 radical (unpaired) electrons. The van der Waals surface area contributed by atoms with Gasteiger partial charge in [0.05, 0.1) is 28.8 Å². The minimum atomic E-state index is -2.98. The first kappa shape index (κ1) is 23.1. The molecule has 1 fully saturated rings. The molecule has 1 atom stereocenters. The van der Waals surface area contributed by atoms with Crippen LogP contribution in [0.1, 0.15) is 23.5 Å². The Hall–Kier alpha value is -0.950. The molecule has 11 heteroatoms. The third kappa shape index (κ3) is 7.35. The molecule has 2 rings (SSSR count). The maximum atomic E-state index is 11.9. The third-order valence-corrected chi connectivity index (χ3v) is 6.46. The first-order chi connectivity index (χ1) is 11.8. The molecule has 26 heavy (non-hydrogen) atoms. The van der Waals surface area contributed by atoms with E-state index >= 15 is 0 Å². The highest BCUT2D eigenvalue weighted by molar-refractivity contribution is 14.0. The van der Waals surface area contributed by atoms with Crippen molar-refractivity contribution in [2.45, 2.75) is 32.4 Å². The Bertz CT molecular complexity index is 735. The molecular weight excluding hydrogens is 489 g/mol. The maximum Gasteiger partial charge on any atom is 0.222 e. The molecule has 2 heterocycles. The summed E-state index contributed by atoms with van der Waals surface area (Å²) in [5, 5.41) is 8.96. The van der Waals surface area contributed by atoms with E-state index in [2.05, 4.69) is 20.6 Å². The van der Waals surface area contributed by atoms with Gasteiger partial charge in [-0.15, -0.1) is 35.3 Å². The minimum Gasteiger partial charge on any atom is -0.356 e. The van der Waals surface area contributed by atoms with Crippen LogP contribution in [0.3, 0.4) is 0 Å². The molecule has 1 saturated heterocycles. The zero-order valence-electron chi connectivity index (χ0n) is 15.2. The number of sulfone groups is 1. The van der Waals surface area contributed by atoms with E-state index in [9.17, 15) is 13.2 Å². The van der Waals surface area contributed by atoms with E-state index in [0.717, 1.165) is 10.7 Å². The van der Waals surface area contributed by atoms with E-state index in [1.807, 2.05) is 24.3 Å². The van der Waals surface area contributed by atoms with Crippen LogP contribution in [0.4, 0.5) is 0 Å². The third-order valence-electron chi connectivity index (χ3n) is 3.87. The van der Waals surface area contributed by atoms with Crippen LogP contribution in [-0.2, 0) is 21.2 Å². The number of halogens is 1. The first-order valence-corrected chi connectivity index (χ1v) is 10.8. The van der Waals surface area contributed by atoms with Gasteiger partial charge in [0.15, 0.2) is 15.8 Å². The fourth-order valence-electron chi connectivity index (χ4n) is 2.68. The van der Waals surface area contributed by atoms with Crippen LogP contribution in [0.25, 0.3) is 0 Å². The number of hydrogen-bond donors (Lipinski definition) is 2. The van der Waals surface area contributed by atoms with Crippen LogP contribution in [0, 0.1) is 6.92 Å². The fraction of sp³-hybridized carbons (Fsp3) is 0.667. The molecule has 0 aliphatic carbocycles. The lowest BCUT2D eigenvalue weighted by Gasteiger charge is -2.21. The molecule has 1 unspecified atom stereocenters. The molecule has 148 valence electrons. The van der Waals surface area contributed by atoms with Gasteiger partial charge in [-0.3, -0.25) is 9.79 Å². The van der Waals surface area contributed by atoms with Crippen molar-refractivity contribution in [2.24, 2.45) is 4.99 Å². The standard InChI is InChI=1S/C15H25N5O3S2.HI/c1-11-18-13(9-24-11)8-20(3)15(16-2)17-6-4-14(21)19-12-5-7-25(22,23)10-12;/h9,12H,4-8,10H2,1-3H3,(H,16,17)(H,19,21);1H.